The van der Waals surface area contributed by atoms with E-state index in [1.807, 2.05) is 26.0 Å². The molecule has 1 N–H and O–H groups in total. The molecule has 0 aromatic carbocycles. The third-order valence-corrected chi connectivity index (χ3v) is 3.77. The number of rotatable bonds is 5. The Balaban J connectivity index is 2.05. The summed E-state index contributed by atoms with van der Waals surface area (Å²) in [5, 5.41) is 3.20. The Morgan fingerprint density at radius 3 is 2.79 bits per heavy atom. The summed E-state index contributed by atoms with van der Waals surface area (Å²) >= 11 is 10.9. The lowest BCUT2D eigenvalue weighted by atomic mass is 10.5. The van der Waals surface area contributed by atoms with Crippen LogP contribution in [0.1, 0.15) is 18.7 Å². The zero-order valence-electron chi connectivity index (χ0n) is 10.4. The fourth-order valence-corrected chi connectivity index (χ4v) is 2.86. The van der Waals surface area contributed by atoms with Gasteiger partial charge in [0.1, 0.15) is 0 Å². The first-order chi connectivity index (χ1) is 9.02. The van der Waals surface area contributed by atoms with Crippen LogP contribution in [0.4, 0.5) is 5.95 Å². The SMILES string of the molecule is CC(C)Oc1nc(Cl)nc(NCc2ccc(Br)s2)n1. The van der Waals surface area contributed by atoms with Crippen molar-refractivity contribution in [1.29, 1.82) is 0 Å². The van der Waals surface area contributed by atoms with Crippen LogP contribution in [0.2, 0.25) is 5.28 Å². The summed E-state index contributed by atoms with van der Waals surface area (Å²) < 4.78 is 6.49. The van der Waals surface area contributed by atoms with Gasteiger partial charge >= 0.3 is 6.01 Å². The van der Waals surface area contributed by atoms with E-state index in [-0.39, 0.29) is 17.4 Å². The summed E-state index contributed by atoms with van der Waals surface area (Å²) in [6, 6.07) is 4.25. The summed E-state index contributed by atoms with van der Waals surface area (Å²) in [5.74, 6) is 0.403. The van der Waals surface area contributed by atoms with Crippen LogP contribution in [0.3, 0.4) is 0 Å². The van der Waals surface area contributed by atoms with Gasteiger partial charge in [-0.2, -0.15) is 15.0 Å². The van der Waals surface area contributed by atoms with Crippen LogP contribution in [0.5, 0.6) is 6.01 Å². The highest BCUT2D eigenvalue weighted by Gasteiger charge is 2.08. The molecule has 0 atom stereocenters. The van der Waals surface area contributed by atoms with Gasteiger partial charge in [0.05, 0.1) is 16.4 Å². The number of nitrogens with one attached hydrogen (secondary N) is 1. The van der Waals surface area contributed by atoms with Gasteiger partial charge in [0, 0.05) is 4.88 Å². The van der Waals surface area contributed by atoms with E-state index in [0.29, 0.717) is 12.5 Å². The van der Waals surface area contributed by atoms with Crippen molar-refractivity contribution in [3.8, 4) is 6.01 Å². The van der Waals surface area contributed by atoms with Crippen LogP contribution < -0.4 is 10.1 Å². The van der Waals surface area contributed by atoms with Crippen molar-refractivity contribution in [2.75, 3.05) is 5.32 Å². The second kappa shape index (κ2) is 6.49. The Labute approximate surface area is 128 Å². The highest BCUT2D eigenvalue weighted by Crippen LogP contribution is 2.22. The molecule has 0 saturated heterocycles. The van der Waals surface area contributed by atoms with Gasteiger partial charge in [-0.05, 0) is 53.5 Å². The summed E-state index contributed by atoms with van der Waals surface area (Å²) in [6.07, 6.45) is -0.0143. The topological polar surface area (TPSA) is 59.9 Å². The molecule has 8 heteroatoms. The maximum absolute atomic E-state index is 5.83. The number of ether oxygens (including phenoxy) is 1. The Hall–Kier alpha value is -0.920. The van der Waals surface area contributed by atoms with E-state index in [0.717, 1.165) is 8.66 Å². The zero-order valence-corrected chi connectivity index (χ0v) is 13.5. The molecule has 0 bridgehead atoms. The molecule has 0 aliphatic carbocycles. The van der Waals surface area contributed by atoms with Gasteiger partial charge in [0.2, 0.25) is 11.2 Å². The largest absolute Gasteiger partial charge is 0.461 e. The number of hydrogen-bond acceptors (Lipinski definition) is 6. The van der Waals surface area contributed by atoms with E-state index in [2.05, 4.69) is 36.2 Å². The van der Waals surface area contributed by atoms with Crippen molar-refractivity contribution >= 4 is 44.8 Å². The summed E-state index contributed by atoms with van der Waals surface area (Å²) in [4.78, 5) is 13.2. The number of nitrogens with zero attached hydrogens (tertiary/aromatic N) is 3. The molecule has 5 nitrogen and oxygen atoms in total. The molecule has 0 saturated carbocycles. The molecule has 0 radical (unpaired) electrons. The van der Waals surface area contributed by atoms with Crippen molar-refractivity contribution < 1.29 is 4.74 Å². The van der Waals surface area contributed by atoms with Crippen molar-refractivity contribution in [1.82, 2.24) is 15.0 Å². The first kappa shape index (κ1) is 14.5. The van der Waals surface area contributed by atoms with E-state index in [9.17, 15) is 0 Å². The lowest BCUT2D eigenvalue weighted by Gasteiger charge is -2.09. The highest BCUT2D eigenvalue weighted by atomic mass is 79.9. The quantitative estimate of drug-likeness (QED) is 0.876. The molecule has 2 rings (SSSR count). The first-order valence-corrected chi connectivity index (χ1v) is 7.58. The number of halogens is 2. The Bertz CT molecular complexity index is 563. The average Bonchev–Trinajstić information content (AvgIpc) is 2.71. The van der Waals surface area contributed by atoms with Gasteiger partial charge in [0.25, 0.3) is 0 Å². The molecule has 19 heavy (non-hydrogen) atoms. The fraction of sp³-hybridized carbons (Fsp3) is 0.364. The zero-order chi connectivity index (χ0) is 13.8. The predicted molar refractivity (Wildman–Crippen MR) is 79.9 cm³/mol. The van der Waals surface area contributed by atoms with Crippen molar-refractivity contribution in [3.63, 3.8) is 0 Å². The second-order valence-electron chi connectivity index (χ2n) is 3.94. The number of aromatic nitrogens is 3. The molecule has 2 aromatic rings. The molecule has 0 aliphatic heterocycles. The van der Waals surface area contributed by atoms with Crippen molar-refractivity contribution in [2.24, 2.45) is 0 Å². The minimum absolute atomic E-state index is 0.0143. The van der Waals surface area contributed by atoms with E-state index >= 15 is 0 Å². The summed E-state index contributed by atoms with van der Waals surface area (Å²) in [5.41, 5.74) is 0. The third kappa shape index (κ3) is 4.59. The van der Waals surface area contributed by atoms with Crippen molar-refractivity contribution in [2.45, 2.75) is 26.5 Å². The Morgan fingerprint density at radius 2 is 2.16 bits per heavy atom. The molecule has 0 spiro atoms. The van der Waals surface area contributed by atoms with Gasteiger partial charge in [-0.15, -0.1) is 11.3 Å². The predicted octanol–water partition coefficient (Wildman–Crippen LogP) is 3.75. The molecular weight excluding hydrogens is 352 g/mol. The van der Waals surface area contributed by atoms with Gasteiger partial charge < -0.3 is 10.1 Å². The van der Waals surface area contributed by atoms with Gasteiger partial charge in [0.15, 0.2) is 0 Å². The molecule has 102 valence electrons. The molecule has 0 unspecified atom stereocenters. The molecule has 0 amide bonds. The van der Waals surface area contributed by atoms with Crippen LogP contribution in [-0.2, 0) is 6.54 Å². The summed E-state index contributed by atoms with van der Waals surface area (Å²) in [6.45, 7) is 4.42. The van der Waals surface area contributed by atoms with Crippen LogP contribution in [-0.4, -0.2) is 21.1 Å². The highest BCUT2D eigenvalue weighted by molar-refractivity contribution is 9.11. The molecule has 2 heterocycles. The third-order valence-electron chi connectivity index (χ3n) is 1.98. The normalized spacial score (nSPS) is 10.8. The maximum Gasteiger partial charge on any atom is 0.322 e. The molecule has 0 aliphatic rings. The van der Waals surface area contributed by atoms with E-state index in [1.54, 1.807) is 11.3 Å². The van der Waals surface area contributed by atoms with Gasteiger partial charge in [-0.3, -0.25) is 0 Å². The first-order valence-electron chi connectivity index (χ1n) is 5.59. The molecular formula is C11H12BrClN4OS. The van der Waals surface area contributed by atoms with Crippen LogP contribution in [0, 0.1) is 0 Å². The van der Waals surface area contributed by atoms with Gasteiger partial charge in [-0.25, -0.2) is 0 Å². The number of thiophene rings is 1. The Morgan fingerprint density at radius 1 is 1.37 bits per heavy atom. The number of hydrogen-bond donors (Lipinski definition) is 1. The van der Waals surface area contributed by atoms with E-state index in [1.165, 1.54) is 0 Å². The smallest absolute Gasteiger partial charge is 0.322 e. The lowest BCUT2D eigenvalue weighted by Crippen LogP contribution is -2.11. The van der Waals surface area contributed by atoms with Gasteiger partial charge in [-0.1, -0.05) is 0 Å². The van der Waals surface area contributed by atoms with E-state index in [4.69, 9.17) is 16.3 Å². The maximum atomic E-state index is 5.83. The monoisotopic (exact) mass is 362 g/mol. The van der Waals surface area contributed by atoms with E-state index < -0.39 is 0 Å². The van der Waals surface area contributed by atoms with Crippen LogP contribution in [0.25, 0.3) is 0 Å². The minimum Gasteiger partial charge on any atom is -0.461 e. The standard InChI is InChI=1S/C11H12BrClN4OS/c1-6(2)18-11-16-9(13)15-10(17-11)14-5-7-3-4-8(12)19-7/h3-4,6H,5H2,1-2H3,(H,14,15,16,17). The fourth-order valence-electron chi connectivity index (χ4n) is 1.29. The lowest BCUT2D eigenvalue weighted by molar-refractivity contribution is 0.222. The second-order valence-corrected chi connectivity index (χ2v) is 6.82. The van der Waals surface area contributed by atoms with Crippen LogP contribution >= 0.6 is 38.9 Å². The average molecular weight is 364 g/mol. The van der Waals surface area contributed by atoms with Crippen LogP contribution in [0.15, 0.2) is 15.9 Å². The Kier molecular flexibility index (Phi) is 4.95. The molecule has 2 aromatic heterocycles. The number of anilines is 1. The summed E-state index contributed by atoms with van der Waals surface area (Å²) in [7, 11) is 0. The van der Waals surface area contributed by atoms with Crippen molar-refractivity contribution in [3.05, 3.63) is 26.1 Å². The molecule has 0 fully saturated rings. The minimum atomic E-state index is -0.0143.